The summed E-state index contributed by atoms with van der Waals surface area (Å²) in [4.78, 5) is 2.44. The van der Waals surface area contributed by atoms with Crippen molar-refractivity contribution in [2.24, 2.45) is 0 Å². The molecule has 1 heterocycles. The van der Waals surface area contributed by atoms with Gasteiger partial charge in [0, 0.05) is 23.1 Å². The Bertz CT molecular complexity index is 151. The fraction of sp³-hybridized carbons (Fsp3) is 1.00. The van der Waals surface area contributed by atoms with Crippen molar-refractivity contribution in [3.8, 4) is 0 Å². The summed E-state index contributed by atoms with van der Waals surface area (Å²) in [5.74, 6) is 0. The largest absolute Gasteiger partial charge is 0.390 e. The zero-order valence-electron chi connectivity index (χ0n) is 7.25. The normalized spacial score (nSPS) is 39.5. The third kappa shape index (κ3) is 1.93. The first-order chi connectivity index (χ1) is 5.75. The topological polar surface area (TPSA) is 23.5 Å². The standard InChI is InChI=1S/C9H16INO/c10-7-1-3-8(4-2-7)11-5-9(12)6-11/h7-9,12H,1-6H2. The van der Waals surface area contributed by atoms with E-state index in [1.54, 1.807) is 0 Å². The van der Waals surface area contributed by atoms with Gasteiger partial charge < -0.3 is 5.11 Å². The second-order valence-corrected chi connectivity index (χ2v) is 5.78. The number of aliphatic hydroxyl groups is 1. The molecule has 1 saturated heterocycles. The average molecular weight is 281 g/mol. The van der Waals surface area contributed by atoms with E-state index in [1.165, 1.54) is 25.7 Å². The lowest BCUT2D eigenvalue weighted by atomic mass is 9.92. The molecule has 12 heavy (non-hydrogen) atoms. The first-order valence-electron chi connectivity index (χ1n) is 4.82. The Kier molecular flexibility index (Phi) is 2.92. The summed E-state index contributed by atoms with van der Waals surface area (Å²) < 4.78 is 0.907. The van der Waals surface area contributed by atoms with Gasteiger partial charge in [0.1, 0.15) is 0 Å². The highest BCUT2D eigenvalue weighted by Crippen LogP contribution is 2.29. The zero-order valence-corrected chi connectivity index (χ0v) is 9.40. The number of aliphatic hydroxyl groups excluding tert-OH is 1. The molecule has 1 aliphatic carbocycles. The second-order valence-electron chi connectivity index (χ2n) is 4.01. The molecule has 70 valence electrons. The minimum atomic E-state index is -0.0256. The predicted molar refractivity (Wildman–Crippen MR) is 57.6 cm³/mol. The molecule has 3 heteroatoms. The van der Waals surface area contributed by atoms with Crippen LogP contribution in [0, 0.1) is 0 Å². The molecule has 0 atom stereocenters. The molecule has 0 spiro atoms. The number of hydrogen-bond donors (Lipinski definition) is 1. The van der Waals surface area contributed by atoms with Crippen LogP contribution >= 0.6 is 22.6 Å². The van der Waals surface area contributed by atoms with E-state index in [0.717, 1.165) is 23.1 Å². The van der Waals surface area contributed by atoms with Crippen molar-refractivity contribution in [2.75, 3.05) is 13.1 Å². The van der Waals surface area contributed by atoms with Crippen molar-refractivity contribution in [2.45, 2.75) is 41.8 Å². The number of rotatable bonds is 1. The van der Waals surface area contributed by atoms with Gasteiger partial charge in [0.2, 0.25) is 0 Å². The van der Waals surface area contributed by atoms with Crippen molar-refractivity contribution in [3.05, 3.63) is 0 Å². The Balaban J connectivity index is 1.75. The van der Waals surface area contributed by atoms with Crippen molar-refractivity contribution < 1.29 is 5.11 Å². The minimum Gasteiger partial charge on any atom is -0.390 e. The SMILES string of the molecule is OC1CN(C2CCC(I)CC2)C1. The van der Waals surface area contributed by atoms with Crippen LogP contribution in [0.15, 0.2) is 0 Å². The number of nitrogens with zero attached hydrogens (tertiary/aromatic N) is 1. The highest BCUT2D eigenvalue weighted by Gasteiger charge is 2.32. The third-order valence-corrected chi connectivity index (χ3v) is 4.28. The van der Waals surface area contributed by atoms with E-state index in [2.05, 4.69) is 27.5 Å². The zero-order chi connectivity index (χ0) is 8.55. The van der Waals surface area contributed by atoms with E-state index in [1.807, 2.05) is 0 Å². The van der Waals surface area contributed by atoms with Gasteiger partial charge in [-0.3, -0.25) is 4.90 Å². The molecule has 0 aromatic rings. The summed E-state index contributed by atoms with van der Waals surface area (Å²) in [6.45, 7) is 1.85. The quantitative estimate of drug-likeness (QED) is 0.580. The molecule has 0 radical (unpaired) electrons. The van der Waals surface area contributed by atoms with Crippen molar-refractivity contribution in [3.63, 3.8) is 0 Å². The molecule has 1 N–H and O–H groups in total. The van der Waals surface area contributed by atoms with Gasteiger partial charge in [-0.1, -0.05) is 22.6 Å². The lowest BCUT2D eigenvalue weighted by Crippen LogP contribution is -2.56. The van der Waals surface area contributed by atoms with Gasteiger partial charge in [0.15, 0.2) is 0 Å². The third-order valence-electron chi connectivity index (χ3n) is 3.03. The monoisotopic (exact) mass is 281 g/mol. The van der Waals surface area contributed by atoms with E-state index in [9.17, 15) is 0 Å². The maximum atomic E-state index is 9.16. The van der Waals surface area contributed by atoms with E-state index >= 15 is 0 Å². The smallest absolute Gasteiger partial charge is 0.0794 e. The van der Waals surface area contributed by atoms with Crippen LogP contribution in [-0.2, 0) is 0 Å². The van der Waals surface area contributed by atoms with Crippen molar-refractivity contribution in [1.29, 1.82) is 0 Å². The molecular weight excluding hydrogens is 265 g/mol. The predicted octanol–water partition coefficient (Wildman–Crippen LogP) is 1.41. The van der Waals surface area contributed by atoms with Crippen LogP contribution in [0.4, 0.5) is 0 Å². The maximum absolute atomic E-state index is 9.16. The van der Waals surface area contributed by atoms with Crippen LogP contribution < -0.4 is 0 Å². The Morgan fingerprint density at radius 3 is 2.17 bits per heavy atom. The van der Waals surface area contributed by atoms with Gasteiger partial charge in [-0.25, -0.2) is 0 Å². The minimum absolute atomic E-state index is 0.0256. The first kappa shape index (κ1) is 9.21. The molecule has 2 nitrogen and oxygen atoms in total. The molecule has 0 unspecified atom stereocenters. The molecule has 2 fully saturated rings. The number of β-amino-alcohol motifs (C(OH)–C–C–N with tert-alkyl or cyclic N) is 1. The van der Waals surface area contributed by atoms with Crippen molar-refractivity contribution >= 4 is 22.6 Å². The fourth-order valence-corrected chi connectivity index (χ4v) is 2.91. The number of hydrogen-bond acceptors (Lipinski definition) is 2. The fourth-order valence-electron chi connectivity index (χ4n) is 2.19. The average Bonchev–Trinajstić information content (AvgIpc) is 2.01. The Labute approximate surface area is 87.5 Å². The Morgan fingerprint density at radius 1 is 1.08 bits per heavy atom. The molecule has 0 aromatic heterocycles. The highest BCUT2D eigenvalue weighted by atomic mass is 127. The van der Waals surface area contributed by atoms with Crippen LogP contribution in [0.25, 0.3) is 0 Å². The molecular formula is C9H16INO. The van der Waals surface area contributed by atoms with Crippen molar-refractivity contribution in [1.82, 2.24) is 4.90 Å². The van der Waals surface area contributed by atoms with Gasteiger partial charge in [-0.05, 0) is 25.7 Å². The lowest BCUT2D eigenvalue weighted by molar-refractivity contribution is -0.0325. The van der Waals surface area contributed by atoms with E-state index in [-0.39, 0.29) is 6.10 Å². The van der Waals surface area contributed by atoms with Crippen LogP contribution in [0.1, 0.15) is 25.7 Å². The summed E-state index contributed by atoms with van der Waals surface area (Å²) in [5.41, 5.74) is 0. The Morgan fingerprint density at radius 2 is 1.67 bits per heavy atom. The summed E-state index contributed by atoms with van der Waals surface area (Å²) >= 11 is 2.56. The number of halogens is 1. The molecule has 1 saturated carbocycles. The van der Waals surface area contributed by atoms with Crippen LogP contribution in [0.3, 0.4) is 0 Å². The maximum Gasteiger partial charge on any atom is 0.0794 e. The summed E-state index contributed by atoms with van der Waals surface area (Å²) in [6, 6.07) is 0.791. The van der Waals surface area contributed by atoms with Gasteiger partial charge in [0.05, 0.1) is 6.10 Å². The molecule has 2 aliphatic rings. The van der Waals surface area contributed by atoms with Crippen LogP contribution in [-0.4, -0.2) is 39.2 Å². The molecule has 0 amide bonds. The molecule has 2 rings (SSSR count). The molecule has 0 aromatic carbocycles. The summed E-state index contributed by atoms with van der Waals surface area (Å²) in [5, 5.41) is 9.16. The van der Waals surface area contributed by atoms with E-state index in [4.69, 9.17) is 5.11 Å². The molecule has 1 aliphatic heterocycles. The first-order valence-corrected chi connectivity index (χ1v) is 6.06. The lowest BCUT2D eigenvalue weighted by Gasteiger charge is -2.44. The van der Waals surface area contributed by atoms with E-state index < -0.39 is 0 Å². The van der Waals surface area contributed by atoms with Gasteiger partial charge in [0.25, 0.3) is 0 Å². The van der Waals surface area contributed by atoms with Gasteiger partial charge >= 0.3 is 0 Å². The van der Waals surface area contributed by atoms with Crippen LogP contribution in [0.5, 0.6) is 0 Å². The summed E-state index contributed by atoms with van der Waals surface area (Å²) in [7, 11) is 0. The Hall–Kier alpha value is 0.650. The number of alkyl halides is 1. The van der Waals surface area contributed by atoms with Crippen LogP contribution in [0.2, 0.25) is 0 Å². The van der Waals surface area contributed by atoms with Gasteiger partial charge in [-0.2, -0.15) is 0 Å². The second kappa shape index (κ2) is 3.80. The van der Waals surface area contributed by atoms with E-state index in [0.29, 0.717) is 0 Å². The molecule has 0 bridgehead atoms. The van der Waals surface area contributed by atoms with Gasteiger partial charge in [-0.15, -0.1) is 0 Å². The highest BCUT2D eigenvalue weighted by molar-refractivity contribution is 14.1. The summed E-state index contributed by atoms with van der Waals surface area (Å²) in [6.07, 6.45) is 5.42. The number of likely N-dealkylation sites (tertiary alicyclic amines) is 1.